The summed E-state index contributed by atoms with van der Waals surface area (Å²) in [4.78, 5) is 0. The molecule has 0 aliphatic carbocycles. The summed E-state index contributed by atoms with van der Waals surface area (Å²) < 4.78 is 6.93. The summed E-state index contributed by atoms with van der Waals surface area (Å²) in [6, 6.07) is 35.4. The van der Waals surface area contributed by atoms with Gasteiger partial charge in [-0.3, -0.25) is 0 Å². The lowest BCUT2D eigenvalue weighted by Crippen LogP contribution is -2.05. The first-order valence-corrected chi connectivity index (χ1v) is 10.5. The van der Waals surface area contributed by atoms with Crippen LogP contribution in [0.4, 0.5) is 0 Å². The Morgan fingerprint density at radius 1 is 0.630 bits per heavy atom. The first-order valence-electron chi connectivity index (χ1n) is 8.73. The molecule has 0 bridgehead atoms. The number of hydrogen-bond acceptors (Lipinski definition) is 1. The molecule has 0 saturated carbocycles. The third-order valence-electron chi connectivity index (χ3n) is 4.21. The summed E-state index contributed by atoms with van der Waals surface area (Å²) >= 11 is 3.52. The van der Waals surface area contributed by atoms with Crippen LogP contribution in [0.5, 0.6) is 11.5 Å². The lowest BCUT2D eigenvalue weighted by Gasteiger charge is -2.12. The van der Waals surface area contributed by atoms with E-state index in [1.54, 1.807) is 0 Å². The molecule has 0 saturated heterocycles. The van der Waals surface area contributed by atoms with E-state index in [-0.39, 0.29) is 0 Å². The fraction of sp³-hybridized carbons (Fsp3) is 0. The predicted molar refractivity (Wildman–Crippen MR) is 120 cm³/mol. The molecule has 0 amide bonds. The Morgan fingerprint density at radius 3 is 2.07 bits per heavy atom. The minimum atomic E-state index is 0.637. The maximum absolute atomic E-state index is 5.98. The summed E-state index contributed by atoms with van der Waals surface area (Å²) in [5.74, 6) is 1.64. The lowest BCUT2D eigenvalue weighted by molar-refractivity contribution is 0.480. The van der Waals surface area contributed by atoms with Gasteiger partial charge in [-0.25, -0.2) is 0 Å². The van der Waals surface area contributed by atoms with Crippen LogP contribution >= 0.6 is 24.5 Å². The number of halogens is 1. The topological polar surface area (TPSA) is 9.23 Å². The van der Waals surface area contributed by atoms with Gasteiger partial charge in [0.05, 0.1) is 4.47 Å². The molecule has 0 N–H and O–H groups in total. The van der Waals surface area contributed by atoms with Crippen molar-refractivity contribution in [2.75, 3.05) is 0 Å². The molecule has 3 heteroatoms. The van der Waals surface area contributed by atoms with Crippen LogP contribution in [0.3, 0.4) is 0 Å². The zero-order chi connectivity index (χ0) is 18.5. The molecule has 1 unspecified atom stereocenters. The van der Waals surface area contributed by atoms with Gasteiger partial charge in [0.15, 0.2) is 0 Å². The van der Waals surface area contributed by atoms with E-state index in [1.807, 2.05) is 36.4 Å². The Balaban J connectivity index is 1.58. The smallest absolute Gasteiger partial charge is 0.141 e. The fourth-order valence-corrected chi connectivity index (χ4v) is 4.46. The molecule has 4 aromatic carbocycles. The van der Waals surface area contributed by atoms with Crippen molar-refractivity contribution in [2.45, 2.75) is 0 Å². The molecule has 0 aliphatic heterocycles. The highest BCUT2D eigenvalue weighted by atomic mass is 79.9. The van der Waals surface area contributed by atoms with Crippen LogP contribution < -0.4 is 15.3 Å². The molecule has 0 heterocycles. The molecule has 27 heavy (non-hydrogen) atoms. The molecule has 0 aromatic heterocycles. The van der Waals surface area contributed by atoms with Gasteiger partial charge in [-0.2, -0.15) is 0 Å². The highest BCUT2D eigenvalue weighted by molar-refractivity contribution is 9.10. The van der Waals surface area contributed by atoms with Gasteiger partial charge in [-0.05, 0) is 61.9 Å². The predicted octanol–water partition coefficient (Wildman–Crippen LogP) is 6.54. The summed E-state index contributed by atoms with van der Waals surface area (Å²) in [6.07, 6.45) is 0. The van der Waals surface area contributed by atoms with Crippen molar-refractivity contribution in [3.8, 4) is 22.6 Å². The van der Waals surface area contributed by atoms with Crippen LogP contribution in [0.25, 0.3) is 11.1 Å². The van der Waals surface area contributed by atoms with Gasteiger partial charge in [0.1, 0.15) is 11.5 Å². The molecule has 1 atom stereocenters. The third kappa shape index (κ3) is 4.47. The Bertz CT molecular complexity index is 1030. The van der Waals surface area contributed by atoms with E-state index in [2.05, 4.69) is 82.7 Å². The second kappa shape index (κ2) is 8.52. The number of benzene rings is 4. The van der Waals surface area contributed by atoms with Crippen molar-refractivity contribution in [1.82, 2.24) is 0 Å². The van der Waals surface area contributed by atoms with Crippen LogP contribution in [0.15, 0.2) is 108 Å². The van der Waals surface area contributed by atoms with E-state index in [1.165, 1.54) is 21.7 Å². The van der Waals surface area contributed by atoms with Crippen LogP contribution in [-0.4, -0.2) is 0 Å². The first-order chi connectivity index (χ1) is 13.3. The van der Waals surface area contributed by atoms with Gasteiger partial charge in [0.25, 0.3) is 0 Å². The molecule has 0 spiro atoms. The quantitative estimate of drug-likeness (QED) is 0.325. The Morgan fingerprint density at radius 2 is 1.30 bits per heavy atom. The average Bonchev–Trinajstić information content (AvgIpc) is 2.72. The summed E-state index contributed by atoms with van der Waals surface area (Å²) in [7, 11) is 0.637. The zero-order valence-corrected chi connectivity index (χ0v) is 17.2. The molecular formula is C24H18BrOP. The van der Waals surface area contributed by atoms with Crippen LogP contribution in [0.2, 0.25) is 0 Å². The second-order valence-electron chi connectivity index (χ2n) is 6.09. The number of rotatable bonds is 5. The highest BCUT2D eigenvalue weighted by Crippen LogP contribution is 2.31. The molecule has 4 rings (SSSR count). The standard InChI is InChI=1S/C24H18BrOP/c25-22-11-5-6-12-23(22)26-19-16-14-18(15-17-19)21-10-4-7-13-24(21)27-20-8-2-1-3-9-20/h1-17,27H. The van der Waals surface area contributed by atoms with Crippen molar-refractivity contribution in [3.63, 3.8) is 0 Å². The summed E-state index contributed by atoms with van der Waals surface area (Å²) in [6.45, 7) is 0. The van der Waals surface area contributed by atoms with Crippen molar-refractivity contribution in [1.29, 1.82) is 0 Å². The zero-order valence-electron chi connectivity index (χ0n) is 14.6. The fourth-order valence-electron chi connectivity index (χ4n) is 2.88. The molecule has 1 nitrogen and oxygen atoms in total. The SMILES string of the molecule is Brc1ccccc1Oc1ccc(-c2ccccc2Pc2ccccc2)cc1. The lowest BCUT2D eigenvalue weighted by atomic mass is 10.1. The van der Waals surface area contributed by atoms with Crippen LogP contribution in [0, 0.1) is 0 Å². The molecule has 4 aromatic rings. The minimum absolute atomic E-state index is 0.637. The van der Waals surface area contributed by atoms with E-state index in [0.29, 0.717) is 8.58 Å². The molecule has 0 aliphatic rings. The highest BCUT2D eigenvalue weighted by Gasteiger charge is 2.07. The van der Waals surface area contributed by atoms with Crippen LogP contribution in [-0.2, 0) is 0 Å². The maximum Gasteiger partial charge on any atom is 0.141 e. The van der Waals surface area contributed by atoms with Crippen molar-refractivity contribution in [2.24, 2.45) is 0 Å². The molecule has 0 fully saturated rings. The third-order valence-corrected chi connectivity index (χ3v) is 6.19. The van der Waals surface area contributed by atoms with Crippen molar-refractivity contribution < 1.29 is 4.74 Å². The van der Waals surface area contributed by atoms with E-state index in [9.17, 15) is 0 Å². The molecular weight excluding hydrogens is 415 g/mol. The van der Waals surface area contributed by atoms with E-state index in [4.69, 9.17) is 4.74 Å². The summed E-state index contributed by atoms with van der Waals surface area (Å²) in [5, 5.41) is 2.70. The Labute approximate surface area is 169 Å². The van der Waals surface area contributed by atoms with E-state index in [0.717, 1.165) is 16.0 Å². The Kier molecular flexibility index (Phi) is 5.67. The van der Waals surface area contributed by atoms with Gasteiger partial charge in [0.2, 0.25) is 0 Å². The van der Waals surface area contributed by atoms with Gasteiger partial charge in [-0.1, -0.05) is 87.4 Å². The number of hydrogen-bond donors (Lipinski definition) is 0. The van der Waals surface area contributed by atoms with E-state index >= 15 is 0 Å². The number of ether oxygens (including phenoxy) is 1. The average molecular weight is 433 g/mol. The van der Waals surface area contributed by atoms with E-state index < -0.39 is 0 Å². The van der Waals surface area contributed by atoms with Gasteiger partial charge >= 0.3 is 0 Å². The van der Waals surface area contributed by atoms with Gasteiger partial charge < -0.3 is 4.74 Å². The maximum atomic E-state index is 5.98. The Hall–Kier alpha value is -2.41. The number of para-hydroxylation sites is 1. The first kappa shape index (κ1) is 18.0. The second-order valence-corrected chi connectivity index (χ2v) is 8.31. The minimum Gasteiger partial charge on any atom is -0.456 e. The van der Waals surface area contributed by atoms with Crippen LogP contribution in [0.1, 0.15) is 0 Å². The molecule has 132 valence electrons. The normalized spacial score (nSPS) is 11.0. The monoisotopic (exact) mass is 432 g/mol. The largest absolute Gasteiger partial charge is 0.456 e. The van der Waals surface area contributed by atoms with Gasteiger partial charge in [0, 0.05) is 0 Å². The van der Waals surface area contributed by atoms with Crippen molar-refractivity contribution in [3.05, 3.63) is 108 Å². The molecule has 0 radical (unpaired) electrons. The van der Waals surface area contributed by atoms with Gasteiger partial charge in [-0.15, -0.1) is 0 Å². The summed E-state index contributed by atoms with van der Waals surface area (Å²) in [5.41, 5.74) is 2.47. The van der Waals surface area contributed by atoms with Crippen molar-refractivity contribution >= 4 is 35.1 Å².